The van der Waals surface area contributed by atoms with Gasteiger partial charge >= 0.3 is 0 Å². The zero-order chi connectivity index (χ0) is 30.5. The Morgan fingerprint density at radius 3 is 2.05 bits per heavy atom. The van der Waals surface area contributed by atoms with Crippen LogP contribution < -0.4 is 5.73 Å². The van der Waals surface area contributed by atoms with Crippen molar-refractivity contribution in [3.63, 3.8) is 0 Å². The maximum Gasteiger partial charge on any atom is 0.165 e. The van der Waals surface area contributed by atoms with Gasteiger partial charge in [-0.1, -0.05) is 32.9 Å². The number of pyridine rings is 4. The summed E-state index contributed by atoms with van der Waals surface area (Å²) in [6.45, 7) is 7.52. The van der Waals surface area contributed by atoms with Gasteiger partial charge in [0, 0.05) is 47.9 Å². The van der Waals surface area contributed by atoms with Crippen molar-refractivity contribution in [2.45, 2.75) is 59.5 Å². The normalized spacial score (nSPS) is 15.5. The molecule has 1 aliphatic rings. The lowest BCUT2D eigenvalue weighted by Gasteiger charge is -2.18. The molecule has 222 valence electrons. The first-order valence-electron chi connectivity index (χ1n) is 15.1. The smallest absolute Gasteiger partial charge is 0.165 e. The van der Waals surface area contributed by atoms with Gasteiger partial charge in [-0.05, 0) is 87.3 Å². The molecule has 4 aromatic rings. The number of carbonyl (C=O) groups is 2. The van der Waals surface area contributed by atoms with Crippen molar-refractivity contribution in [1.82, 2.24) is 24.8 Å². The molecule has 1 aliphatic heterocycles. The van der Waals surface area contributed by atoms with Gasteiger partial charge in [0.1, 0.15) is 0 Å². The first-order valence-corrected chi connectivity index (χ1v) is 15.1. The molecule has 0 fully saturated rings. The molecular weight excluding hydrogens is 536 g/mol. The molecule has 0 aromatic carbocycles. The average Bonchev–Trinajstić information content (AvgIpc) is 2.98. The molecule has 1 atom stereocenters. The number of aromatic nitrogens is 4. The van der Waals surface area contributed by atoms with E-state index in [1.54, 1.807) is 6.07 Å². The molecular formula is C35H40N6O2. The molecule has 5 heterocycles. The second-order valence-corrected chi connectivity index (χ2v) is 12.0. The highest BCUT2D eigenvalue weighted by Crippen LogP contribution is 2.25. The Labute approximate surface area is 253 Å². The molecule has 8 heteroatoms. The summed E-state index contributed by atoms with van der Waals surface area (Å²) >= 11 is 0. The van der Waals surface area contributed by atoms with E-state index in [0.29, 0.717) is 61.4 Å². The van der Waals surface area contributed by atoms with Gasteiger partial charge in [0.2, 0.25) is 0 Å². The van der Waals surface area contributed by atoms with Gasteiger partial charge in [-0.2, -0.15) is 0 Å². The summed E-state index contributed by atoms with van der Waals surface area (Å²) in [5.41, 5.74) is 13.2. The molecule has 5 rings (SSSR count). The van der Waals surface area contributed by atoms with Crippen LogP contribution in [0.1, 0.15) is 77.1 Å². The molecule has 0 saturated heterocycles. The Bertz CT molecular complexity index is 1630. The number of hydrogen-bond donors (Lipinski definition) is 1. The van der Waals surface area contributed by atoms with Crippen molar-refractivity contribution >= 4 is 11.6 Å². The maximum absolute atomic E-state index is 13.2. The first kappa shape index (κ1) is 30.3. The molecule has 0 unspecified atom stereocenters. The van der Waals surface area contributed by atoms with Crippen molar-refractivity contribution in [3.05, 3.63) is 94.6 Å². The van der Waals surface area contributed by atoms with Gasteiger partial charge in [0.15, 0.2) is 11.6 Å². The summed E-state index contributed by atoms with van der Waals surface area (Å²) < 4.78 is 0. The minimum absolute atomic E-state index is 0.0198. The highest BCUT2D eigenvalue weighted by atomic mass is 16.1. The van der Waals surface area contributed by atoms with E-state index >= 15 is 0 Å². The predicted molar refractivity (Wildman–Crippen MR) is 168 cm³/mol. The van der Waals surface area contributed by atoms with Gasteiger partial charge in [0.25, 0.3) is 0 Å². The van der Waals surface area contributed by atoms with Gasteiger partial charge in [-0.3, -0.25) is 24.5 Å². The van der Waals surface area contributed by atoms with E-state index < -0.39 is 0 Å². The quantitative estimate of drug-likeness (QED) is 0.290. The van der Waals surface area contributed by atoms with E-state index in [0.717, 1.165) is 40.6 Å². The van der Waals surface area contributed by atoms with Crippen LogP contribution in [0.25, 0.3) is 22.8 Å². The lowest BCUT2D eigenvalue weighted by molar-refractivity contribution is 0.0938. The molecule has 0 spiro atoms. The molecule has 2 N–H and O–H groups in total. The van der Waals surface area contributed by atoms with E-state index in [-0.39, 0.29) is 23.4 Å². The van der Waals surface area contributed by atoms with Crippen LogP contribution in [0.5, 0.6) is 0 Å². The largest absolute Gasteiger partial charge is 0.330 e. The SMILES string of the molecule is CC(C)C(=O)c1cc2nc(c1)-c1cc(C(=O)CCCN)cc(n1)CN(C)Cc1cccc(n1)-c1cccc(n1)C[C@@H](C)C2. The van der Waals surface area contributed by atoms with E-state index in [1.807, 2.05) is 75.5 Å². The molecule has 0 saturated carbocycles. The fraction of sp³-hybridized carbons (Fsp3) is 0.371. The zero-order valence-corrected chi connectivity index (χ0v) is 25.5. The van der Waals surface area contributed by atoms with Crippen LogP contribution in [0.2, 0.25) is 0 Å². The van der Waals surface area contributed by atoms with Crippen LogP contribution in [-0.2, 0) is 25.9 Å². The number of rotatable bonds is 6. The monoisotopic (exact) mass is 576 g/mol. The van der Waals surface area contributed by atoms with Crippen LogP contribution in [0.4, 0.5) is 0 Å². The number of ketones is 2. The van der Waals surface area contributed by atoms with Crippen molar-refractivity contribution in [2.75, 3.05) is 13.6 Å². The molecule has 0 radical (unpaired) electrons. The summed E-state index contributed by atoms with van der Waals surface area (Å²) in [5, 5.41) is 0. The number of hydrogen-bond acceptors (Lipinski definition) is 8. The molecule has 43 heavy (non-hydrogen) atoms. The van der Waals surface area contributed by atoms with E-state index in [4.69, 9.17) is 25.7 Å². The minimum atomic E-state index is -0.162. The van der Waals surface area contributed by atoms with Gasteiger partial charge in [-0.25, -0.2) is 9.97 Å². The first-order chi connectivity index (χ1) is 20.7. The van der Waals surface area contributed by atoms with Crippen molar-refractivity contribution in [3.8, 4) is 22.8 Å². The van der Waals surface area contributed by atoms with Crippen LogP contribution in [0.3, 0.4) is 0 Å². The van der Waals surface area contributed by atoms with E-state index in [1.165, 1.54) is 0 Å². The Balaban J connectivity index is 1.64. The summed E-state index contributed by atoms with van der Waals surface area (Å²) in [7, 11) is 2.01. The van der Waals surface area contributed by atoms with Gasteiger partial charge in [0.05, 0.1) is 34.2 Å². The van der Waals surface area contributed by atoms with Crippen molar-refractivity contribution in [2.24, 2.45) is 17.6 Å². The summed E-state index contributed by atoms with van der Waals surface area (Å²) in [5.74, 6) is 0.126. The Kier molecular flexibility index (Phi) is 9.48. The van der Waals surface area contributed by atoms with E-state index in [9.17, 15) is 9.59 Å². The minimum Gasteiger partial charge on any atom is -0.330 e. The average molecular weight is 577 g/mol. The zero-order valence-electron chi connectivity index (χ0n) is 25.5. The number of carbonyl (C=O) groups excluding carboxylic acids is 2. The van der Waals surface area contributed by atoms with Crippen LogP contribution in [0.15, 0.2) is 60.7 Å². The highest BCUT2D eigenvalue weighted by Gasteiger charge is 2.19. The lowest BCUT2D eigenvalue weighted by Crippen LogP contribution is -2.19. The predicted octanol–water partition coefficient (Wildman–Crippen LogP) is 5.73. The summed E-state index contributed by atoms with van der Waals surface area (Å²) in [4.78, 5) is 48.4. The molecule has 0 amide bonds. The Morgan fingerprint density at radius 1 is 0.791 bits per heavy atom. The third kappa shape index (κ3) is 7.63. The third-order valence-electron chi connectivity index (χ3n) is 7.61. The molecule has 8 nitrogen and oxygen atoms in total. The fourth-order valence-electron chi connectivity index (χ4n) is 5.51. The summed E-state index contributed by atoms with van der Waals surface area (Å²) in [6.07, 6.45) is 2.39. The highest BCUT2D eigenvalue weighted by molar-refractivity contribution is 5.99. The van der Waals surface area contributed by atoms with Crippen LogP contribution >= 0.6 is 0 Å². The van der Waals surface area contributed by atoms with Crippen molar-refractivity contribution in [1.29, 1.82) is 0 Å². The summed E-state index contributed by atoms with van der Waals surface area (Å²) in [6, 6.07) is 19.5. The number of nitrogens with two attached hydrogens (primary N) is 1. The number of fused-ring (bicyclic) bond motifs is 10. The molecule has 8 bridgehead atoms. The maximum atomic E-state index is 13.2. The number of nitrogens with zero attached hydrogens (tertiary/aromatic N) is 5. The second kappa shape index (κ2) is 13.4. The van der Waals surface area contributed by atoms with Gasteiger partial charge < -0.3 is 5.73 Å². The molecule has 4 aromatic heterocycles. The lowest BCUT2D eigenvalue weighted by atomic mass is 9.95. The Hall–Kier alpha value is -4.14. The van der Waals surface area contributed by atoms with E-state index in [2.05, 4.69) is 11.8 Å². The van der Waals surface area contributed by atoms with Crippen molar-refractivity contribution < 1.29 is 9.59 Å². The fourth-order valence-corrected chi connectivity index (χ4v) is 5.51. The van der Waals surface area contributed by atoms with Gasteiger partial charge in [-0.15, -0.1) is 0 Å². The molecule has 0 aliphatic carbocycles. The van der Waals surface area contributed by atoms with Crippen LogP contribution in [0, 0.1) is 11.8 Å². The second-order valence-electron chi connectivity index (χ2n) is 12.0. The topological polar surface area (TPSA) is 115 Å². The third-order valence-corrected chi connectivity index (χ3v) is 7.61. The van der Waals surface area contributed by atoms with Crippen LogP contribution in [-0.4, -0.2) is 50.0 Å². The standard InChI is InChI=1S/C35H40N6O2/c1-22(2)35(43)25-17-28-15-23(3)14-26-8-5-10-30(37-26)31-11-6-9-27(38-31)20-41(4)21-29-16-24(34(42)12-7-13-36)18-32(40-29)33(19-25)39-28/h5-6,8-11,16-19,22-23H,7,12-15,20-21,36H2,1-4H3/t23-/m1/s1. The number of Topliss-reactive ketones (excluding diaryl/α,β-unsaturated/α-hetero) is 2. The Morgan fingerprint density at radius 2 is 1.35 bits per heavy atom.